The van der Waals surface area contributed by atoms with E-state index in [1.807, 2.05) is 16.9 Å². The van der Waals surface area contributed by atoms with Crippen molar-refractivity contribution in [1.82, 2.24) is 24.6 Å². The molecule has 0 spiro atoms. The van der Waals surface area contributed by atoms with Gasteiger partial charge in [0, 0.05) is 74.7 Å². The second-order valence-electron chi connectivity index (χ2n) is 7.51. The van der Waals surface area contributed by atoms with E-state index in [1.165, 1.54) is 18.1 Å². The molecule has 0 saturated carbocycles. The van der Waals surface area contributed by atoms with Gasteiger partial charge in [0.1, 0.15) is 11.3 Å². The largest absolute Gasteiger partial charge is 0.496 e. The maximum atomic E-state index is 13.1. The Bertz CT molecular complexity index is 1060. The van der Waals surface area contributed by atoms with Gasteiger partial charge in [0.25, 0.3) is 11.5 Å². The Kier molecular flexibility index (Phi) is 6.83. The number of methoxy groups -OCH3 is 1. The number of fused-ring (bicyclic) bond motifs is 1. The monoisotopic (exact) mass is 441 g/mol. The fourth-order valence-electron chi connectivity index (χ4n) is 3.94. The van der Waals surface area contributed by atoms with Crippen LogP contribution >= 0.6 is 11.3 Å². The molecule has 0 aromatic carbocycles. The molecule has 0 aliphatic carbocycles. The van der Waals surface area contributed by atoms with Crippen LogP contribution in [-0.2, 0) is 26.1 Å². The van der Waals surface area contributed by atoms with Gasteiger partial charge in [0.15, 0.2) is 0 Å². The first-order valence-corrected chi connectivity index (χ1v) is 11.3. The molecule has 0 bridgehead atoms. The second kappa shape index (κ2) is 9.93. The molecule has 9 heteroatoms. The highest BCUT2D eigenvalue weighted by Gasteiger charge is 2.25. The normalized spacial score (nSPS) is 14.1. The van der Waals surface area contributed by atoms with Crippen molar-refractivity contribution in [2.24, 2.45) is 0 Å². The summed E-state index contributed by atoms with van der Waals surface area (Å²) >= 11 is 1.73. The van der Waals surface area contributed by atoms with Crippen molar-refractivity contribution in [2.75, 3.05) is 26.7 Å². The quantitative estimate of drug-likeness (QED) is 0.541. The van der Waals surface area contributed by atoms with E-state index >= 15 is 0 Å². The fourth-order valence-corrected chi connectivity index (χ4v) is 4.69. The lowest BCUT2D eigenvalue weighted by molar-refractivity contribution is 0.0947. The van der Waals surface area contributed by atoms with Crippen LogP contribution in [-0.4, -0.2) is 51.9 Å². The van der Waals surface area contributed by atoms with Gasteiger partial charge in [-0.05, 0) is 23.9 Å². The minimum atomic E-state index is -0.201. The van der Waals surface area contributed by atoms with Gasteiger partial charge >= 0.3 is 0 Å². The molecule has 0 radical (unpaired) electrons. The molecule has 3 aromatic rings. The van der Waals surface area contributed by atoms with E-state index in [2.05, 4.69) is 32.8 Å². The Morgan fingerprint density at radius 1 is 1.29 bits per heavy atom. The predicted octanol–water partition coefficient (Wildman–Crippen LogP) is 1.99. The molecule has 31 heavy (non-hydrogen) atoms. The Hall–Kier alpha value is -2.91. The maximum absolute atomic E-state index is 13.1. The number of thiophene rings is 1. The van der Waals surface area contributed by atoms with Crippen LogP contribution in [0.4, 0.5) is 0 Å². The van der Waals surface area contributed by atoms with E-state index in [0.717, 1.165) is 38.3 Å². The fraction of sp³-hybridized carbons (Fsp3) is 0.409. The zero-order valence-electron chi connectivity index (χ0n) is 17.6. The number of pyridine rings is 1. The number of ether oxygens (including phenoxy) is 1. The molecule has 3 aromatic heterocycles. The van der Waals surface area contributed by atoms with Crippen LogP contribution in [0.1, 0.15) is 27.3 Å². The lowest BCUT2D eigenvalue weighted by Gasteiger charge is -2.18. The Morgan fingerprint density at radius 2 is 2.19 bits per heavy atom. The summed E-state index contributed by atoms with van der Waals surface area (Å²) in [5, 5.41) is 9.23. The Labute approximate surface area is 185 Å². The van der Waals surface area contributed by atoms with E-state index in [1.54, 1.807) is 22.1 Å². The molecule has 0 saturated heterocycles. The lowest BCUT2D eigenvalue weighted by Crippen LogP contribution is -2.32. The van der Waals surface area contributed by atoms with E-state index < -0.39 is 0 Å². The molecule has 4 heterocycles. The molecule has 0 fully saturated rings. The van der Waals surface area contributed by atoms with Crippen LogP contribution in [0.3, 0.4) is 0 Å². The second-order valence-corrected chi connectivity index (χ2v) is 8.54. The van der Waals surface area contributed by atoms with E-state index in [0.29, 0.717) is 30.8 Å². The zero-order chi connectivity index (χ0) is 21.6. The predicted molar refractivity (Wildman–Crippen MR) is 120 cm³/mol. The number of nitrogens with one attached hydrogen (secondary N) is 1. The SMILES string of the molecule is COc1cc(=O)n2c(c1C(=O)NCCCn1cccn1)CCN(Cc1cccs1)CC2. The Balaban J connectivity index is 1.48. The minimum Gasteiger partial charge on any atom is -0.496 e. The molecule has 1 N–H and O–H groups in total. The highest BCUT2D eigenvalue weighted by Crippen LogP contribution is 2.23. The number of hydrogen-bond donors (Lipinski definition) is 1. The van der Waals surface area contributed by atoms with Crippen molar-refractivity contribution in [3.05, 3.63) is 68.5 Å². The first-order chi connectivity index (χ1) is 15.2. The number of carbonyl (C=O) groups excluding carboxylic acids is 1. The summed E-state index contributed by atoms with van der Waals surface area (Å²) in [6.07, 6.45) is 5.02. The van der Waals surface area contributed by atoms with Gasteiger partial charge < -0.3 is 14.6 Å². The third kappa shape index (κ3) is 5.05. The molecule has 4 rings (SSSR count). The first-order valence-electron chi connectivity index (χ1n) is 10.5. The van der Waals surface area contributed by atoms with Gasteiger partial charge in [-0.1, -0.05) is 6.07 Å². The molecule has 8 nitrogen and oxygen atoms in total. The van der Waals surface area contributed by atoms with Gasteiger partial charge in [0.2, 0.25) is 0 Å². The van der Waals surface area contributed by atoms with Crippen molar-refractivity contribution in [3.63, 3.8) is 0 Å². The summed E-state index contributed by atoms with van der Waals surface area (Å²) in [6, 6.07) is 7.48. The van der Waals surface area contributed by atoms with Crippen molar-refractivity contribution in [1.29, 1.82) is 0 Å². The van der Waals surface area contributed by atoms with E-state index in [-0.39, 0.29) is 11.5 Å². The number of aromatic nitrogens is 3. The van der Waals surface area contributed by atoms with E-state index in [4.69, 9.17) is 4.74 Å². The molecule has 1 aliphatic heterocycles. The molecule has 1 aliphatic rings. The smallest absolute Gasteiger partial charge is 0.256 e. The number of aryl methyl sites for hydroxylation is 1. The van der Waals surface area contributed by atoms with Gasteiger partial charge in [-0.25, -0.2) is 0 Å². The van der Waals surface area contributed by atoms with Crippen LogP contribution in [0.15, 0.2) is 46.8 Å². The number of hydrogen-bond acceptors (Lipinski definition) is 6. The highest BCUT2D eigenvalue weighted by atomic mass is 32.1. The van der Waals surface area contributed by atoms with Crippen LogP contribution in [0, 0.1) is 0 Å². The average Bonchev–Trinajstić information content (AvgIpc) is 3.43. The van der Waals surface area contributed by atoms with Crippen LogP contribution in [0.25, 0.3) is 0 Å². The van der Waals surface area contributed by atoms with Crippen molar-refractivity contribution < 1.29 is 9.53 Å². The zero-order valence-corrected chi connectivity index (χ0v) is 18.4. The molecule has 0 unspecified atom stereocenters. The molecular weight excluding hydrogens is 414 g/mol. The van der Waals surface area contributed by atoms with Gasteiger partial charge in [-0.3, -0.25) is 19.2 Å². The third-order valence-corrected chi connectivity index (χ3v) is 6.36. The number of carbonyl (C=O) groups is 1. The lowest BCUT2D eigenvalue weighted by atomic mass is 10.1. The first kappa shape index (κ1) is 21.3. The molecule has 1 amide bonds. The summed E-state index contributed by atoms with van der Waals surface area (Å²) in [4.78, 5) is 29.4. The van der Waals surface area contributed by atoms with Crippen molar-refractivity contribution >= 4 is 17.2 Å². The van der Waals surface area contributed by atoms with Crippen LogP contribution in [0.2, 0.25) is 0 Å². The molecule has 164 valence electrons. The summed E-state index contributed by atoms with van der Waals surface area (Å²) in [5.41, 5.74) is 1.10. The van der Waals surface area contributed by atoms with Gasteiger partial charge in [-0.15, -0.1) is 11.3 Å². The van der Waals surface area contributed by atoms with E-state index in [9.17, 15) is 9.59 Å². The number of nitrogens with zero attached hydrogens (tertiary/aromatic N) is 4. The molecular formula is C22H27N5O3S. The summed E-state index contributed by atoms with van der Waals surface area (Å²) in [7, 11) is 1.50. The van der Waals surface area contributed by atoms with Gasteiger partial charge in [-0.2, -0.15) is 5.10 Å². The van der Waals surface area contributed by atoms with Crippen molar-refractivity contribution in [2.45, 2.75) is 32.5 Å². The topological polar surface area (TPSA) is 81.4 Å². The summed E-state index contributed by atoms with van der Waals surface area (Å²) in [5.74, 6) is 0.139. The molecule has 0 atom stereocenters. The number of amides is 1. The third-order valence-electron chi connectivity index (χ3n) is 5.50. The standard InChI is InChI=1S/C22H27N5O3S/c1-30-19-15-20(28)27-13-12-25(16-17-5-2-14-31-17)11-6-18(27)21(19)22(29)23-7-3-9-26-10-4-8-24-26/h2,4-5,8,10,14-15H,3,6-7,9,11-13,16H2,1H3,(H,23,29). The minimum absolute atomic E-state index is 0.125. The van der Waals surface area contributed by atoms with Crippen LogP contribution in [0.5, 0.6) is 5.75 Å². The van der Waals surface area contributed by atoms with Crippen molar-refractivity contribution in [3.8, 4) is 5.75 Å². The Morgan fingerprint density at radius 3 is 2.94 bits per heavy atom. The number of rotatable bonds is 8. The highest BCUT2D eigenvalue weighted by molar-refractivity contribution is 7.09. The van der Waals surface area contributed by atoms with Crippen LogP contribution < -0.4 is 15.6 Å². The average molecular weight is 442 g/mol. The summed E-state index contributed by atoms with van der Waals surface area (Å²) < 4.78 is 9.00. The summed E-state index contributed by atoms with van der Waals surface area (Å²) in [6.45, 7) is 4.21. The van der Waals surface area contributed by atoms with Gasteiger partial charge in [0.05, 0.1) is 7.11 Å². The maximum Gasteiger partial charge on any atom is 0.256 e.